The van der Waals surface area contributed by atoms with Crippen molar-refractivity contribution in [3.05, 3.63) is 56.2 Å². The summed E-state index contributed by atoms with van der Waals surface area (Å²) < 4.78 is 15.6. The maximum absolute atomic E-state index is 13.4. The van der Waals surface area contributed by atoms with E-state index in [1.807, 2.05) is 0 Å². The maximum atomic E-state index is 13.4. The largest absolute Gasteiger partial charge is 0.330 e. The van der Waals surface area contributed by atoms with Crippen LogP contribution < -0.4 is 11.2 Å². The Morgan fingerprint density at radius 1 is 1.06 bits per heavy atom. The van der Waals surface area contributed by atoms with Crippen molar-refractivity contribution < 1.29 is 4.39 Å². The number of hydrogen-bond acceptors (Lipinski definition) is 2. The van der Waals surface area contributed by atoms with E-state index in [0.29, 0.717) is 5.69 Å². The Hall–Kier alpha value is -2.17. The number of rotatable bonds is 0. The fourth-order valence-corrected chi connectivity index (χ4v) is 1.70. The van der Waals surface area contributed by atoms with Gasteiger partial charge in [-0.15, -0.1) is 0 Å². The van der Waals surface area contributed by atoms with Crippen LogP contribution in [0, 0.1) is 0 Å². The second-order valence-electron chi connectivity index (χ2n) is 3.75. The van der Waals surface area contributed by atoms with Gasteiger partial charge in [-0.2, -0.15) is 0 Å². The van der Waals surface area contributed by atoms with Crippen molar-refractivity contribution in [2.24, 2.45) is 14.1 Å². The minimum absolute atomic E-state index is 0.174. The number of hydrogen-bond donors (Lipinski definition) is 0. The first-order valence-electron chi connectivity index (χ1n) is 5.04. The molecule has 0 fully saturated rings. The van der Waals surface area contributed by atoms with Crippen molar-refractivity contribution in [2.75, 3.05) is 0 Å². The average molecular weight is 234 g/mol. The summed E-state index contributed by atoms with van der Waals surface area (Å²) in [5.74, 6) is -0.522. The molecule has 0 atom stereocenters. The minimum atomic E-state index is -0.522. The van der Waals surface area contributed by atoms with Crippen LogP contribution in [-0.2, 0) is 14.1 Å². The summed E-state index contributed by atoms with van der Waals surface area (Å²) in [5.41, 5.74) is -0.361. The first-order valence-corrected chi connectivity index (χ1v) is 5.04. The molecule has 0 bridgehead atoms. The molecule has 1 heterocycles. The van der Waals surface area contributed by atoms with Gasteiger partial charge >= 0.3 is 5.69 Å². The van der Waals surface area contributed by atoms with Gasteiger partial charge in [-0.1, -0.05) is 12.2 Å². The highest BCUT2D eigenvalue weighted by molar-refractivity contribution is 5.66. The highest BCUT2D eigenvalue weighted by atomic mass is 19.1. The molecular formula is C12H11FN2O2. The standard InChI is InChI=1S/C12H11FN2O2/c1-14-10-6-4-3-5-8(13)7-9(10)11(16)15(2)12(14)17/h3-7H,1-2H3/b4-3?,5-3-,6-4-,8-5?,8-7+,9-7?,10-6?. The Bertz CT molecular complexity index is 675. The SMILES string of the molecule is Cn1c2c(c(=O)n(C)c1=O)\C=C(F)/C=C\C=C/2. The van der Waals surface area contributed by atoms with E-state index >= 15 is 0 Å². The predicted octanol–water partition coefficient (Wildman–Crippen LogP) is 0.977. The third-order valence-electron chi connectivity index (χ3n) is 2.65. The predicted molar refractivity (Wildman–Crippen MR) is 64.2 cm³/mol. The van der Waals surface area contributed by atoms with Crippen LogP contribution in [0.3, 0.4) is 0 Å². The smallest absolute Gasteiger partial charge is 0.296 e. The van der Waals surface area contributed by atoms with Crippen LogP contribution in [0.5, 0.6) is 0 Å². The molecule has 2 rings (SSSR count). The van der Waals surface area contributed by atoms with Gasteiger partial charge < -0.3 is 0 Å². The second-order valence-corrected chi connectivity index (χ2v) is 3.75. The molecule has 88 valence electrons. The van der Waals surface area contributed by atoms with Crippen LogP contribution in [0.2, 0.25) is 0 Å². The molecule has 5 heteroatoms. The van der Waals surface area contributed by atoms with E-state index in [2.05, 4.69) is 0 Å². The van der Waals surface area contributed by atoms with E-state index in [-0.39, 0.29) is 5.56 Å². The molecule has 1 aromatic heterocycles. The summed E-state index contributed by atoms with van der Waals surface area (Å²) in [6.07, 6.45) is 7.10. The molecule has 4 nitrogen and oxygen atoms in total. The van der Waals surface area contributed by atoms with Crippen LogP contribution in [0.1, 0.15) is 11.3 Å². The Morgan fingerprint density at radius 2 is 1.71 bits per heavy atom. The van der Waals surface area contributed by atoms with E-state index in [1.54, 1.807) is 19.2 Å². The Balaban J connectivity index is 2.95. The summed E-state index contributed by atoms with van der Waals surface area (Å²) in [7, 11) is 2.91. The molecule has 1 aromatic rings. The summed E-state index contributed by atoms with van der Waals surface area (Å²) in [5, 5.41) is 0. The molecule has 0 unspecified atom stereocenters. The zero-order valence-corrected chi connectivity index (χ0v) is 9.48. The second kappa shape index (κ2) is 4.01. The van der Waals surface area contributed by atoms with Crippen molar-refractivity contribution in [2.45, 2.75) is 0 Å². The fourth-order valence-electron chi connectivity index (χ4n) is 1.70. The number of fused-ring (bicyclic) bond motifs is 1. The highest BCUT2D eigenvalue weighted by Gasteiger charge is 2.12. The third-order valence-corrected chi connectivity index (χ3v) is 2.65. The molecule has 0 spiro atoms. The molecule has 0 aliphatic heterocycles. The van der Waals surface area contributed by atoms with Gasteiger partial charge in [-0.3, -0.25) is 13.9 Å². The monoisotopic (exact) mass is 234 g/mol. The van der Waals surface area contributed by atoms with Crippen LogP contribution in [0.25, 0.3) is 12.2 Å². The van der Waals surface area contributed by atoms with Crippen molar-refractivity contribution in [3.8, 4) is 0 Å². The molecule has 0 amide bonds. The van der Waals surface area contributed by atoms with Crippen LogP contribution in [-0.4, -0.2) is 9.13 Å². The van der Waals surface area contributed by atoms with Gasteiger partial charge in [0.25, 0.3) is 5.56 Å². The lowest BCUT2D eigenvalue weighted by molar-refractivity contribution is 0.664. The highest BCUT2D eigenvalue weighted by Crippen LogP contribution is 2.13. The molecule has 1 aliphatic rings. The molecule has 0 saturated heterocycles. The summed E-state index contributed by atoms with van der Waals surface area (Å²) in [6.45, 7) is 0. The number of aromatic nitrogens is 2. The minimum Gasteiger partial charge on any atom is -0.296 e. The van der Waals surface area contributed by atoms with E-state index in [9.17, 15) is 14.0 Å². The van der Waals surface area contributed by atoms with Crippen molar-refractivity contribution in [1.29, 1.82) is 0 Å². The molecule has 0 radical (unpaired) electrons. The van der Waals surface area contributed by atoms with Gasteiger partial charge in [0, 0.05) is 14.1 Å². The summed E-state index contributed by atoms with van der Waals surface area (Å²) >= 11 is 0. The van der Waals surface area contributed by atoms with Gasteiger partial charge in [-0.05, 0) is 18.2 Å². The van der Waals surface area contributed by atoms with Crippen LogP contribution in [0.15, 0.2) is 33.6 Å². The summed E-state index contributed by atoms with van der Waals surface area (Å²) in [4.78, 5) is 23.6. The molecule has 17 heavy (non-hydrogen) atoms. The van der Waals surface area contributed by atoms with Crippen molar-refractivity contribution in [1.82, 2.24) is 9.13 Å². The Morgan fingerprint density at radius 3 is 2.41 bits per heavy atom. The van der Waals surface area contributed by atoms with Crippen molar-refractivity contribution >= 4 is 12.2 Å². The number of nitrogens with zero attached hydrogens (tertiary/aromatic N) is 2. The lowest BCUT2D eigenvalue weighted by Gasteiger charge is -2.10. The molecular weight excluding hydrogens is 223 g/mol. The molecule has 0 saturated carbocycles. The van der Waals surface area contributed by atoms with Gasteiger partial charge in [0.1, 0.15) is 5.83 Å². The molecule has 1 aliphatic carbocycles. The maximum Gasteiger partial charge on any atom is 0.330 e. The van der Waals surface area contributed by atoms with E-state index in [4.69, 9.17) is 0 Å². The lowest BCUT2D eigenvalue weighted by Crippen LogP contribution is -2.39. The first kappa shape index (κ1) is 11.3. The zero-order chi connectivity index (χ0) is 12.6. The average Bonchev–Trinajstić information content (AvgIpc) is 2.29. The van der Waals surface area contributed by atoms with Gasteiger partial charge in [0.2, 0.25) is 0 Å². The zero-order valence-electron chi connectivity index (χ0n) is 9.48. The van der Waals surface area contributed by atoms with Gasteiger partial charge in [0.05, 0.1) is 11.3 Å². The van der Waals surface area contributed by atoms with Crippen LogP contribution in [0.4, 0.5) is 4.39 Å². The first-order chi connectivity index (χ1) is 8.02. The fraction of sp³-hybridized carbons (Fsp3) is 0.167. The van der Waals surface area contributed by atoms with Gasteiger partial charge in [-0.25, -0.2) is 9.18 Å². The number of halogens is 1. The summed E-state index contributed by atoms with van der Waals surface area (Å²) in [6, 6.07) is 0. The normalized spacial score (nSPS) is 20.8. The van der Waals surface area contributed by atoms with E-state index in [0.717, 1.165) is 10.6 Å². The quantitative estimate of drug-likeness (QED) is 0.671. The Labute approximate surface area is 96.6 Å². The van der Waals surface area contributed by atoms with Gasteiger partial charge in [0.15, 0.2) is 0 Å². The topological polar surface area (TPSA) is 44.0 Å². The number of allylic oxidation sites excluding steroid dienone is 4. The third kappa shape index (κ3) is 1.80. The van der Waals surface area contributed by atoms with Crippen molar-refractivity contribution in [3.63, 3.8) is 0 Å². The molecule has 0 N–H and O–H groups in total. The lowest BCUT2D eigenvalue weighted by atomic mass is 10.1. The van der Waals surface area contributed by atoms with Crippen LogP contribution >= 0.6 is 0 Å². The van der Waals surface area contributed by atoms with E-state index in [1.165, 1.54) is 23.8 Å². The molecule has 0 aromatic carbocycles. The Kier molecular flexibility index (Phi) is 2.67. The van der Waals surface area contributed by atoms with E-state index < -0.39 is 17.1 Å².